The molecule has 1 aliphatic rings. The summed E-state index contributed by atoms with van der Waals surface area (Å²) < 4.78 is 26.4. The number of carbonyl (C=O) groups is 2. The second-order valence-corrected chi connectivity index (χ2v) is 7.42. The Kier molecular flexibility index (Phi) is 6.52. The van der Waals surface area contributed by atoms with E-state index in [0.717, 1.165) is 44.6 Å². The van der Waals surface area contributed by atoms with Crippen LogP contribution >= 0.6 is 11.3 Å². The molecule has 1 fully saturated rings. The minimum Gasteiger partial charge on any atom is -0.348 e. The van der Waals surface area contributed by atoms with E-state index in [2.05, 4.69) is 32.4 Å². The number of nitrogens with one attached hydrogen (secondary N) is 2. The Morgan fingerprint density at radius 2 is 1.93 bits per heavy atom. The number of rotatable bonds is 5. The van der Waals surface area contributed by atoms with Crippen LogP contribution in [0.15, 0.2) is 35.0 Å². The summed E-state index contributed by atoms with van der Waals surface area (Å²) >= 11 is 1.69. The van der Waals surface area contributed by atoms with E-state index in [1.54, 1.807) is 11.3 Å². The van der Waals surface area contributed by atoms with Gasteiger partial charge in [-0.3, -0.25) is 14.5 Å². The lowest BCUT2D eigenvalue weighted by Crippen LogP contribution is -2.41. The molecule has 0 spiro atoms. The van der Waals surface area contributed by atoms with Gasteiger partial charge < -0.3 is 10.6 Å². The molecule has 0 radical (unpaired) electrons. The van der Waals surface area contributed by atoms with Crippen LogP contribution in [0.2, 0.25) is 0 Å². The maximum Gasteiger partial charge on any atom is 0.313 e. The SMILES string of the molecule is O=C(NCC1CCN(Cc2ccsc2)CC1)C(=O)Nc1ccc(F)cc1F. The summed E-state index contributed by atoms with van der Waals surface area (Å²) in [6.07, 6.45) is 1.89. The molecule has 0 unspecified atom stereocenters. The fourth-order valence-electron chi connectivity index (χ4n) is 3.08. The maximum atomic E-state index is 13.5. The molecule has 3 rings (SSSR count). The molecular formula is C19H21F2N3O2S. The van der Waals surface area contributed by atoms with E-state index in [1.807, 2.05) is 0 Å². The molecule has 2 amide bonds. The Bertz CT molecular complexity index is 790. The molecule has 2 N–H and O–H groups in total. The van der Waals surface area contributed by atoms with Gasteiger partial charge in [0, 0.05) is 19.2 Å². The van der Waals surface area contributed by atoms with E-state index in [0.29, 0.717) is 18.5 Å². The minimum atomic E-state index is -0.963. The molecule has 1 aromatic heterocycles. The minimum absolute atomic E-state index is 0.224. The normalized spacial score (nSPS) is 15.5. The molecule has 0 saturated carbocycles. The molecule has 1 aromatic carbocycles. The van der Waals surface area contributed by atoms with Crippen LogP contribution < -0.4 is 10.6 Å². The van der Waals surface area contributed by atoms with Crippen molar-refractivity contribution >= 4 is 28.8 Å². The first kappa shape index (κ1) is 19.4. The molecule has 5 nitrogen and oxygen atoms in total. The third-order valence-corrected chi connectivity index (χ3v) is 5.36. The highest BCUT2D eigenvalue weighted by Gasteiger charge is 2.22. The van der Waals surface area contributed by atoms with E-state index < -0.39 is 23.4 Å². The zero-order valence-corrected chi connectivity index (χ0v) is 15.5. The number of carbonyl (C=O) groups excluding carboxylic acids is 2. The van der Waals surface area contributed by atoms with Gasteiger partial charge in [-0.2, -0.15) is 11.3 Å². The number of halogens is 2. The number of anilines is 1. The second-order valence-electron chi connectivity index (χ2n) is 6.64. The topological polar surface area (TPSA) is 61.4 Å². The Balaban J connectivity index is 1.39. The van der Waals surface area contributed by atoms with Crippen LogP contribution in [0.5, 0.6) is 0 Å². The van der Waals surface area contributed by atoms with Crippen molar-refractivity contribution < 1.29 is 18.4 Å². The molecule has 0 bridgehead atoms. The molecule has 0 aliphatic carbocycles. The summed E-state index contributed by atoms with van der Waals surface area (Å²) in [5.41, 5.74) is 1.09. The summed E-state index contributed by atoms with van der Waals surface area (Å²) in [4.78, 5) is 26.2. The van der Waals surface area contributed by atoms with Gasteiger partial charge in [0.05, 0.1) is 5.69 Å². The summed E-state index contributed by atoms with van der Waals surface area (Å²) in [5, 5.41) is 8.97. The summed E-state index contributed by atoms with van der Waals surface area (Å²) in [6, 6.07) is 4.87. The van der Waals surface area contributed by atoms with Gasteiger partial charge in [0.1, 0.15) is 11.6 Å². The van der Waals surface area contributed by atoms with Gasteiger partial charge >= 0.3 is 11.8 Å². The lowest BCUT2D eigenvalue weighted by Gasteiger charge is -2.31. The third-order valence-electron chi connectivity index (χ3n) is 4.63. The Hall–Kier alpha value is -2.32. The van der Waals surface area contributed by atoms with Crippen LogP contribution in [0, 0.1) is 17.6 Å². The molecule has 2 aromatic rings. The van der Waals surface area contributed by atoms with Gasteiger partial charge in [0.15, 0.2) is 0 Å². The lowest BCUT2D eigenvalue weighted by atomic mass is 9.96. The van der Waals surface area contributed by atoms with Crippen LogP contribution in [0.25, 0.3) is 0 Å². The molecule has 0 atom stereocenters. The second kappa shape index (κ2) is 9.05. The smallest absolute Gasteiger partial charge is 0.313 e. The Morgan fingerprint density at radius 1 is 1.15 bits per heavy atom. The number of benzene rings is 1. The highest BCUT2D eigenvalue weighted by Crippen LogP contribution is 2.19. The zero-order valence-electron chi connectivity index (χ0n) is 14.7. The average Bonchev–Trinajstić information content (AvgIpc) is 3.16. The number of hydrogen-bond donors (Lipinski definition) is 2. The van der Waals surface area contributed by atoms with Crippen molar-refractivity contribution in [2.45, 2.75) is 19.4 Å². The Labute approximate surface area is 160 Å². The van der Waals surface area contributed by atoms with Crippen molar-refractivity contribution in [2.75, 3.05) is 25.0 Å². The number of hydrogen-bond acceptors (Lipinski definition) is 4. The molecule has 2 heterocycles. The van der Waals surface area contributed by atoms with Crippen LogP contribution in [-0.4, -0.2) is 36.3 Å². The molecular weight excluding hydrogens is 372 g/mol. The summed E-state index contributed by atoms with van der Waals surface area (Å²) in [6.45, 7) is 3.24. The molecule has 144 valence electrons. The number of nitrogens with zero attached hydrogens (tertiary/aromatic N) is 1. The van der Waals surface area contributed by atoms with E-state index in [9.17, 15) is 18.4 Å². The average molecular weight is 393 g/mol. The molecule has 1 saturated heterocycles. The van der Waals surface area contributed by atoms with E-state index in [1.165, 1.54) is 5.56 Å². The zero-order chi connectivity index (χ0) is 19.2. The maximum absolute atomic E-state index is 13.5. The summed E-state index contributed by atoms with van der Waals surface area (Å²) in [7, 11) is 0. The predicted molar refractivity (Wildman–Crippen MR) is 100 cm³/mol. The van der Waals surface area contributed by atoms with Crippen LogP contribution in [-0.2, 0) is 16.1 Å². The van der Waals surface area contributed by atoms with Gasteiger partial charge in [0.2, 0.25) is 0 Å². The molecule has 8 heteroatoms. The first-order chi connectivity index (χ1) is 13.0. The highest BCUT2D eigenvalue weighted by molar-refractivity contribution is 7.07. The fourth-order valence-corrected chi connectivity index (χ4v) is 3.74. The first-order valence-electron chi connectivity index (χ1n) is 8.79. The van der Waals surface area contributed by atoms with Gasteiger partial charge in [-0.1, -0.05) is 0 Å². The van der Waals surface area contributed by atoms with Crippen LogP contribution in [0.3, 0.4) is 0 Å². The highest BCUT2D eigenvalue weighted by atomic mass is 32.1. The fraction of sp³-hybridized carbons (Fsp3) is 0.368. The van der Waals surface area contributed by atoms with Crippen molar-refractivity contribution in [2.24, 2.45) is 5.92 Å². The van der Waals surface area contributed by atoms with Gasteiger partial charge in [-0.15, -0.1) is 0 Å². The van der Waals surface area contributed by atoms with Gasteiger partial charge in [0.25, 0.3) is 0 Å². The Morgan fingerprint density at radius 3 is 2.59 bits per heavy atom. The number of piperidine rings is 1. The lowest BCUT2D eigenvalue weighted by molar-refractivity contribution is -0.136. The van der Waals surface area contributed by atoms with Crippen molar-refractivity contribution in [1.29, 1.82) is 0 Å². The van der Waals surface area contributed by atoms with E-state index >= 15 is 0 Å². The van der Waals surface area contributed by atoms with Crippen molar-refractivity contribution in [3.05, 3.63) is 52.2 Å². The monoisotopic (exact) mass is 393 g/mol. The molecule has 27 heavy (non-hydrogen) atoms. The van der Waals surface area contributed by atoms with Crippen LogP contribution in [0.4, 0.5) is 14.5 Å². The van der Waals surface area contributed by atoms with Crippen LogP contribution in [0.1, 0.15) is 18.4 Å². The standard InChI is InChI=1S/C19H21F2N3O2S/c20-15-1-2-17(16(21)9-15)23-19(26)18(25)22-10-13-3-6-24(7-4-13)11-14-5-8-27-12-14/h1-2,5,8-9,12-13H,3-4,6-7,10-11H2,(H,22,25)(H,23,26). The molecule has 1 aliphatic heterocycles. The van der Waals surface area contributed by atoms with E-state index in [-0.39, 0.29) is 5.69 Å². The predicted octanol–water partition coefficient (Wildman–Crippen LogP) is 2.99. The van der Waals surface area contributed by atoms with E-state index in [4.69, 9.17) is 0 Å². The van der Waals surface area contributed by atoms with Crippen molar-refractivity contribution in [1.82, 2.24) is 10.2 Å². The number of likely N-dealkylation sites (tertiary alicyclic amines) is 1. The van der Waals surface area contributed by atoms with Gasteiger partial charge in [-0.25, -0.2) is 8.78 Å². The number of amides is 2. The quantitative estimate of drug-likeness (QED) is 0.768. The number of thiophene rings is 1. The van der Waals surface area contributed by atoms with Crippen molar-refractivity contribution in [3.8, 4) is 0 Å². The first-order valence-corrected chi connectivity index (χ1v) is 9.73. The third kappa shape index (κ3) is 5.58. The van der Waals surface area contributed by atoms with Crippen molar-refractivity contribution in [3.63, 3.8) is 0 Å². The largest absolute Gasteiger partial charge is 0.348 e. The van der Waals surface area contributed by atoms with Gasteiger partial charge in [-0.05, 0) is 66.4 Å². The summed E-state index contributed by atoms with van der Waals surface area (Å²) in [5.74, 6) is -3.15.